The van der Waals surface area contributed by atoms with E-state index in [1.165, 1.54) is 0 Å². The van der Waals surface area contributed by atoms with E-state index in [-0.39, 0.29) is 25.7 Å². The predicted molar refractivity (Wildman–Crippen MR) is 51.8 cm³/mol. The number of aliphatic hydroxyl groups excluding tert-OH is 2. The Balaban J connectivity index is 2.19. The van der Waals surface area contributed by atoms with E-state index >= 15 is 0 Å². The molecule has 0 aliphatic heterocycles. The molecule has 5 heteroatoms. The number of nitrogens with one attached hydrogen (secondary N) is 1. The van der Waals surface area contributed by atoms with Crippen LogP contribution in [0.4, 0.5) is 0 Å². The molecular weight excluding hydrogens is 184 g/mol. The minimum absolute atomic E-state index is 0.0133. The van der Waals surface area contributed by atoms with Crippen molar-refractivity contribution in [2.75, 3.05) is 26.8 Å². The van der Waals surface area contributed by atoms with Crippen molar-refractivity contribution in [3.8, 4) is 0 Å². The highest BCUT2D eigenvalue weighted by Gasteiger charge is 2.29. The molecule has 0 radical (unpaired) electrons. The van der Waals surface area contributed by atoms with Gasteiger partial charge in [-0.2, -0.15) is 0 Å². The molecule has 1 saturated carbocycles. The van der Waals surface area contributed by atoms with Gasteiger partial charge in [0, 0.05) is 13.1 Å². The standard InChI is InChI=1S/C9H18N2O3/c1-11(8-2-3-8)9(14)4-10-7(5-12)6-13/h7-8,10,12-13H,2-6H2,1H3. The summed E-state index contributed by atoms with van der Waals surface area (Å²) >= 11 is 0. The van der Waals surface area contributed by atoms with Crippen LogP contribution in [0.1, 0.15) is 12.8 Å². The van der Waals surface area contributed by atoms with Crippen molar-refractivity contribution in [2.24, 2.45) is 0 Å². The number of nitrogens with zero attached hydrogens (tertiary/aromatic N) is 1. The van der Waals surface area contributed by atoms with Gasteiger partial charge in [-0.3, -0.25) is 4.79 Å². The van der Waals surface area contributed by atoms with Gasteiger partial charge in [0.15, 0.2) is 0 Å². The molecule has 0 aromatic heterocycles. The van der Waals surface area contributed by atoms with Gasteiger partial charge in [-0.05, 0) is 12.8 Å². The molecule has 14 heavy (non-hydrogen) atoms. The van der Waals surface area contributed by atoms with Gasteiger partial charge in [-0.15, -0.1) is 0 Å². The Morgan fingerprint density at radius 2 is 2.07 bits per heavy atom. The topological polar surface area (TPSA) is 72.8 Å². The van der Waals surface area contributed by atoms with Crippen LogP contribution in [-0.2, 0) is 4.79 Å². The van der Waals surface area contributed by atoms with E-state index < -0.39 is 6.04 Å². The monoisotopic (exact) mass is 202 g/mol. The van der Waals surface area contributed by atoms with Gasteiger partial charge in [0.05, 0.1) is 25.8 Å². The molecule has 0 aromatic carbocycles. The number of aliphatic hydroxyl groups is 2. The van der Waals surface area contributed by atoms with Gasteiger partial charge in [-0.1, -0.05) is 0 Å². The van der Waals surface area contributed by atoms with E-state index in [1.54, 1.807) is 11.9 Å². The van der Waals surface area contributed by atoms with E-state index in [4.69, 9.17) is 10.2 Å². The zero-order chi connectivity index (χ0) is 10.6. The lowest BCUT2D eigenvalue weighted by Crippen LogP contribution is -2.43. The summed E-state index contributed by atoms with van der Waals surface area (Å²) in [6.07, 6.45) is 2.18. The Labute approximate surface area is 83.7 Å². The van der Waals surface area contributed by atoms with Crippen LogP contribution in [0.15, 0.2) is 0 Å². The van der Waals surface area contributed by atoms with Crippen LogP contribution in [0.5, 0.6) is 0 Å². The molecule has 82 valence electrons. The number of rotatable bonds is 6. The Bertz CT molecular complexity index is 190. The van der Waals surface area contributed by atoms with Crippen molar-refractivity contribution >= 4 is 5.91 Å². The van der Waals surface area contributed by atoms with Crippen LogP contribution in [0.2, 0.25) is 0 Å². The third kappa shape index (κ3) is 3.25. The molecule has 0 unspecified atom stereocenters. The average molecular weight is 202 g/mol. The summed E-state index contributed by atoms with van der Waals surface area (Å²) in [6, 6.07) is 0.0116. The van der Waals surface area contributed by atoms with Crippen LogP contribution < -0.4 is 5.32 Å². The van der Waals surface area contributed by atoms with Gasteiger partial charge < -0.3 is 20.4 Å². The number of hydrogen-bond donors (Lipinski definition) is 3. The molecule has 0 bridgehead atoms. The van der Waals surface area contributed by atoms with Crippen LogP contribution >= 0.6 is 0 Å². The molecule has 1 rings (SSSR count). The Hall–Kier alpha value is -0.650. The fourth-order valence-corrected chi connectivity index (χ4v) is 1.21. The van der Waals surface area contributed by atoms with Gasteiger partial charge in [0.2, 0.25) is 5.91 Å². The molecule has 1 fully saturated rings. The molecule has 3 N–H and O–H groups in total. The van der Waals surface area contributed by atoms with Crippen molar-refractivity contribution in [3.63, 3.8) is 0 Å². The summed E-state index contributed by atoms with van der Waals surface area (Å²) in [7, 11) is 1.79. The molecular formula is C9H18N2O3. The van der Waals surface area contributed by atoms with Crippen molar-refractivity contribution in [1.82, 2.24) is 10.2 Å². The summed E-state index contributed by atoms with van der Waals surface area (Å²) in [4.78, 5) is 13.2. The highest BCUT2D eigenvalue weighted by atomic mass is 16.3. The Morgan fingerprint density at radius 3 is 2.50 bits per heavy atom. The first kappa shape index (κ1) is 11.4. The highest BCUT2D eigenvalue weighted by Crippen LogP contribution is 2.24. The quantitative estimate of drug-likeness (QED) is 0.493. The minimum Gasteiger partial charge on any atom is -0.395 e. The van der Waals surface area contributed by atoms with Crippen LogP contribution in [0.25, 0.3) is 0 Å². The van der Waals surface area contributed by atoms with E-state index in [0.717, 1.165) is 12.8 Å². The maximum absolute atomic E-state index is 11.5. The van der Waals surface area contributed by atoms with E-state index in [9.17, 15) is 4.79 Å². The van der Waals surface area contributed by atoms with Crippen LogP contribution in [-0.4, -0.2) is 59.9 Å². The third-order valence-electron chi connectivity index (χ3n) is 2.47. The van der Waals surface area contributed by atoms with E-state index in [2.05, 4.69) is 5.32 Å². The second-order valence-electron chi connectivity index (χ2n) is 3.68. The zero-order valence-corrected chi connectivity index (χ0v) is 8.44. The van der Waals surface area contributed by atoms with Crippen molar-refractivity contribution in [2.45, 2.75) is 24.9 Å². The summed E-state index contributed by atoms with van der Waals surface area (Å²) in [5.74, 6) is 0.0133. The predicted octanol–water partition coefficient (Wildman–Crippen LogP) is -1.45. The van der Waals surface area contributed by atoms with Gasteiger partial charge >= 0.3 is 0 Å². The van der Waals surface area contributed by atoms with Crippen molar-refractivity contribution in [3.05, 3.63) is 0 Å². The second-order valence-corrected chi connectivity index (χ2v) is 3.68. The molecule has 1 aliphatic rings. The molecule has 0 aromatic rings. The fourth-order valence-electron chi connectivity index (χ4n) is 1.21. The molecule has 0 atom stereocenters. The first-order chi connectivity index (χ1) is 6.69. The second kappa shape index (κ2) is 5.29. The average Bonchev–Trinajstić information content (AvgIpc) is 3.01. The Kier molecular flexibility index (Phi) is 4.31. The molecule has 1 aliphatic carbocycles. The zero-order valence-electron chi connectivity index (χ0n) is 8.44. The smallest absolute Gasteiger partial charge is 0.236 e. The maximum Gasteiger partial charge on any atom is 0.236 e. The maximum atomic E-state index is 11.5. The highest BCUT2D eigenvalue weighted by molar-refractivity contribution is 5.78. The number of amides is 1. The lowest BCUT2D eigenvalue weighted by molar-refractivity contribution is -0.129. The number of carbonyl (C=O) groups excluding carboxylic acids is 1. The largest absolute Gasteiger partial charge is 0.395 e. The summed E-state index contributed by atoms with van der Waals surface area (Å²) in [5.41, 5.74) is 0. The number of likely N-dealkylation sites (N-methyl/N-ethyl adjacent to an activating group) is 1. The van der Waals surface area contributed by atoms with Gasteiger partial charge in [-0.25, -0.2) is 0 Å². The van der Waals surface area contributed by atoms with Crippen molar-refractivity contribution < 1.29 is 15.0 Å². The SMILES string of the molecule is CN(C(=O)CNC(CO)CO)C1CC1. The normalized spacial score (nSPS) is 16.0. The van der Waals surface area contributed by atoms with Crippen LogP contribution in [0.3, 0.4) is 0 Å². The molecule has 5 nitrogen and oxygen atoms in total. The molecule has 0 saturated heterocycles. The summed E-state index contributed by atoms with van der Waals surface area (Å²) in [5, 5.41) is 20.3. The number of hydrogen-bond acceptors (Lipinski definition) is 4. The first-order valence-corrected chi connectivity index (χ1v) is 4.89. The fraction of sp³-hybridized carbons (Fsp3) is 0.889. The molecule has 0 spiro atoms. The van der Waals surface area contributed by atoms with Crippen molar-refractivity contribution in [1.29, 1.82) is 0 Å². The lowest BCUT2D eigenvalue weighted by Gasteiger charge is -2.18. The lowest BCUT2D eigenvalue weighted by atomic mass is 10.3. The van der Waals surface area contributed by atoms with Gasteiger partial charge in [0.1, 0.15) is 0 Å². The van der Waals surface area contributed by atoms with E-state index in [1.807, 2.05) is 0 Å². The summed E-state index contributed by atoms with van der Waals surface area (Å²) in [6.45, 7) is -0.132. The first-order valence-electron chi connectivity index (χ1n) is 4.89. The van der Waals surface area contributed by atoms with Crippen LogP contribution in [0, 0.1) is 0 Å². The molecule has 0 heterocycles. The Morgan fingerprint density at radius 1 is 1.50 bits per heavy atom. The molecule has 1 amide bonds. The number of carbonyl (C=O) groups is 1. The summed E-state index contributed by atoms with van der Waals surface area (Å²) < 4.78 is 0. The third-order valence-corrected chi connectivity index (χ3v) is 2.47. The van der Waals surface area contributed by atoms with Gasteiger partial charge in [0.25, 0.3) is 0 Å². The van der Waals surface area contributed by atoms with E-state index in [0.29, 0.717) is 6.04 Å². The minimum atomic E-state index is -0.397.